The molecule has 1 amide bonds. The van der Waals surface area contributed by atoms with Crippen molar-refractivity contribution in [3.8, 4) is 12.1 Å². The minimum Gasteiger partial charge on any atom is -0.382 e. The number of aromatic nitrogens is 2. The van der Waals surface area contributed by atoms with Crippen LogP contribution in [0.25, 0.3) is 0 Å². The monoisotopic (exact) mass is 264 g/mol. The maximum atomic E-state index is 11.9. The first-order chi connectivity index (χ1) is 9.63. The molecule has 0 aliphatic rings. The van der Waals surface area contributed by atoms with E-state index in [1.807, 2.05) is 12.1 Å². The summed E-state index contributed by atoms with van der Waals surface area (Å²) >= 11 is 0. The van der Waals surface area contributed by atoms with Gasteiger partial charge in [0.25, 0.3) is 5.91 Å². The summed E-state index contributed by atoms with van der Waals surface area (Å²) < 4.78 is 0. The van der Waals surface area contributed by atoms with Crippen LogP contribution < -0.4 is 11.1 Å². The van der Waals surface area contributed by atoms with E-state index in [0.29, 0.717) is 5.69 Å². The summed E-state index contributed by atoms with van der Waals surface area (Å²) in [5.41, 5.74) is 6.31. The highest BCUT2D eigenvalue weighted by atomic mass is 16.1. The molecule has 2 rings (SSSR count). The van der Waals surface area contributed by atoms with Gasteiger partial charge >= 0.3 is 0 Å². The van der Waals surface area contributed by atoms with Gasteiger partial charge in [-0.05, 0) is 18.2 Å². The molecule has 0 spiro atoms. The molecule has 0 aliphatic heterocycles. The Balaban J connectivity index is 2.23. The second-order valence-electron chi connectivity index (χ2n) is 3.76. The van der Waals surface area contributed by atoms with E-state index in [2.05, 4.69) is 15.3 Å². The average Bonchev–Trinajstić information content (AvgIpc) is 2.47. The van der Waals surface area contributed by atoms with Crippen LogP contribution in [0.15, 0.2) is 30.6 Å². The Labute approximate surface area is 114 Å². The number of anilines is 2. The number of nitrogens with two attached hydrogens (primary N) is 1. The molecule has 0 unspecified atom stereocenters. The quantitative estimate of drug-likeness (QED) is 0.834. The van der Waals surface area contributed by atoms with Gasteiger partial charge in [-0.15, -0.1) is 0 Å². The molecule has 3 N–H and O–H groups in total. The third kappa shape index (κ3) is 2.68. The molecule has 0 saturated heterocycles. The van der Waals surface area contributed by atoms with Gasteiger partial charge in [-0.3, -0.25) is 4.79 Å². The van der Waals surface area contributed by atoms with Gasteiger partial charge < -0.3 is 11.1 Å². The van der Waals surface area contributed by atoms with Gasteiger partial charge in [-0.1, -0.05) is 0 Å². The van der Waals surface area contributed by atoms with Crippen molar-refractivity contribution in [2.45, 2.75) is 0 Å². The summed E-state index contributed by atoms with van der Waals surface area (Å²) in [6.45, 7) is 0. The van der Waals surface area contributed by atoms with E-state index in [1.54, 1.807) is 0 Å². The third-order valence-electron chi connectivity index (χ3n) is 2.42. The Morgan fingerprint density at radius 2 is 1.90 bits per heavy atom. The zero-order valence-corrected chi connectivity index (χ0v) is 10.2. The maximum absolute atomic E-state index is 11.9. The van der Waals surface area contributed by atoms with Crippen LogP contribution in [0, 0.1) is 22.7 Å². The van der Waals surface area contributed by atoms with Gasteiger partial charge in [-0.25, -0.2) is 9.97 Å². The molecule has 0 radical (unpaired) electrons. The highest BCUT2D eigenvalue weighted by molar-refractivity contribution is 6.02. The van der Waals surface area contributed by atoms with E-state index in [9.17, 15) is 4.79 Å². The molecule has 7 nitrogen and oxygen atoms in total. The molecule has 0 atom stereocenters. The summed E-state index contributed by atoms with van der Waals surface area (Å²) in [4.78, 5) is 19.5. The number of nitrogen functional groups attached to an aromatic ring is 1. The Morgan fingerprint density at radius 3 is 2.50 bits per heavy atom. The molecule has 0 fully saturated rings. The summed E-state index contributed by atoms with van der Waals surface area (Å²) in [6, 6.07) is 8.19. The molecule has 1 heterocycles. The topological polar surface area (TPSA) is 128 Å². The smallest absolute Gasteiger partial charge is 0.275 e. The van der Waals surface area contributed by atoms with Crippen molar-refractivity contribution < 1.29 is 4.79 Å². The number of carbonyl (C=O) groups is 1. The first-order valence-corrected chi connectivity index (χ1v) is 5.47. The number of carbonyl (C=O) groups excluding carboxylic acids is 1. The van der Waals surface area contributed by atoms with Gasteiger partial charge in [0.15, 0.2) is 0 Å². The van der Waals surface area contributed by atoms with Crippen LogP contribution in [0.2, 0.25) is 0 Å². The second-order valence-corrected chi connectivity index (χ2v) is 3.76. The molecule has 1 aromatic heterocycles. The minimum absolute atomic E-state index is 0.0991. The van der Waals surface area contributed by atoms with Crippen molar-refractivity contribution in [1.82, 2.24) is 9.97 Å². The van der Waals surface area contributed by atoms with Crippen molar-refractivity contribution >= 4 is 17.4 Å². The lowest BCUT2D eigenvalue weighted by atomic mass is 10.1. The van der Waals surface area contributed by atoms with Crippen LogP contribution in [-0.2, 0) is 0 Å². The number of benzene rings is 1. The SMILES string of the molecule is N#Cc1ccc(NC(=O)c2cnc(N)cn2)cc1C#N. The molecule has 2 aromatic rings. The molecule has 0 aliphatic carbocycles. The molecule has 96 valence electrons. The van der Waals surface area contributed by atoms with Gasteiger partial charge in [0.05, 0.1) is 23.5 Å². The van der Waals surface area contributed by atoms with E-state index in [-0.39, 0.29) is 22.6 Å². The average molecular weight is 264 g/mol. The van der Waals surface area contributed by atoms with Crippen LogP contribution in [0.5, 0.6) is 0 Å². The third-order valence-corrected chi connectivity index (χ3v) is 2.42. The van der Waals surface area contributed by atoms with Gasteiger partial charge in [0.1, 0.15) is 23.7 Å². The Morgan fingerprint density at radius 1 is 1.15 bits per heavy atom. The molecule has 0 bridgehead atoms. The van der Waals surface area contributed by atoms with Gasteiger partial charge in [-0.2, -0.15) is 10.5 Å². The fourth-order valence-corrected chi connectivity index (χ4v) is 1.46. The highest BCUT2D eigenvalue weighted by Crippen LogP contribution is 2.15. The number of nitrogens with one attached hydrogen (secondary N) is 1. The van der Waals surface area contributed by atoms with Gasteiger partial charge in [0.2, 0.25) is 0 Å². The fourth-order valence-electron chi connectivity index (χ4n) is 1.46. The van der Waals surface area contributed by atoms with Crippen molar-refractivity contribution in [2.75, 3.05) is 11.1 Å². The van der Waals surface area contributed by atoms with E-state index >= 15 is 0 Å². The minimum atomic E-state index is -0.480. The van der Waals surface area contributed by atoms with Crippen LogP contribution in [0.4, 0.5) is 11.5 Å². The number of hydrogen-bond acceptors (Lipinski definition) is 6. The first kappa shape index (κ1) is 13.0. The van der Waals surface area contributed by atoms with E-state index < -0.39 is 5.91 Å². The highest BCUT2D eigenvalue weighted by Gasteiger charge is 2.09. The van der Waals surface area contributed by atoms with E-state index in [0.717, 1.165) is 0 Å². The van der Waals surface area contributed by atoms with Crippen LogP contribution in [0.1, 0.15) is 21.6 Å². The Bertz CT molecular complexity index is 739. The second kappa shape index (κ2) is 5.46. The molecule has 0 saturated carbocycles. The maximum Gasteiger partial charge on any atom is 0.275 e. The van der Waals surface area contributed by atoms with Crippen LogP contribution in [0.3, 0.4) is 0 Å². The van der Waals surface area contributed by atoms with Crippen molar-refractivity contribution in [1.29, 1.82) is 10.5 Å². The molecule has 7 heteroatoms. The zero-order valence-electron chi connectivity index (χ0n) is 10.2. The zero-order chi connectivity index (χ0) is 14.5. The standard InChI is InChI=1S/C13H8N6O/c14-4-8-1-2-10(3-9(8)5-15)19-13(20)11-6-18-12(16)7-17-11/h1-3,6-7H,(H2,16,18)(H,19,20). The number of nitriles is 2. The number of rotatable bonds is 2. The predicted octanol–water partition coefficient (Wildman–Crippen LogP) is 1.05. The van der Waals surface area contributed by atoms with Crippen LogP contribution >= 0.6 is 0 Å². The molecular weight excluding hydrogens is 256 g/mol. The molecule has 1 aromatic carbocycles. The molecular formula is C13H8N6O. The summed E-state index contributed by atoms with van der Waals surface area (Å²) in [7, 11) is 0. The lowest BCUT2D eigenvalue weighted by molar-refractivity contribution is 0.102. The Kier molecular flexibility index (Phi) is 3.55. The van der Waals surface area contributed by atoms with Crippen LogP contribution in [-0.4, -0.2) is 15.9 Å². The number of nitrogens with zero attached hydrogens (tertiary/aromatic N) is 4. The largest absolute Gasteiger partial charge is 0.382 e. The summed E-state index contributed by atoms with van der Waals surface area (Å²) in [5, 5.41) is 20.3. The van der Waals surface area contributed by atoms with E-state index in [4.69, 9.17) is 16.3 Å². The Hall–Kier alpha value is -3.45. The molecule has 20 heavy (non-hydrogen) atoms. The summed E-state index contributed by atoms with van der Waals surface area (Å²) in [6.07, 6.45) is 2.52. The van der Waals surface area contributed by atoms with Crippen molar-refractivity contribution in [3.05, 3.63) is 47.4 Å². The predicted molar refractivity (Wildman–Crippen MR) is 70.3 cm³/mol. The normalized spacial score (nSPS) is 9.30. The van der Waals surface area contributed by atoms with E-state index in [1.165, 1.54) is 30.6 Å². The van der Waals surface area contributed by atoms with Crippen molar-refractivity contribution in [2.24, 2.45) is 0 Å². The first-order valence-electron chi connectivity index (χ1n) is 5.47. The van der Waals surface area contributed by atoms with Crippen molar-refractivity contribution in [3.63, 3.8) is 0 Å². The summed E-state index contributed by atoms with van der Waals surface area (Å²) in [5.74, 6) is -0.266. The number of amides is 1. The lowest BCUT2D eigenvalue weighted by Gasteiger charge is -2.05. The number of hydrogen-bond donors (Lipinski definition) is 2. The lowest BCUT2D eigenvalue weighted by Crippen LogP contribution is -2.14. The van der Waals surface area contributed by atoms with Gasteiger partial charge in [0, 0.05) is 5.69 Å². The fraction of sp³-hybridized carbons (Fsp3) is 0.